The number of sulfone groups is 1. The highest BCUT2D eigenvalue weighted by Gasteiger charge is 2.41. The zero-order chi connectivity index (χ0) is 20.7. The lowest BCUT2D eigenvalue weighted by atomic mass is 10.1. The summed E-state index contributed by atoms with van der Waals surface area (Å²) in [5.41, 5.74) is 4.46. The van der Waals surface area contributed by atoms with Crippen molar-refractivity contribution in [2.24, 2.45) is 0 Å². The maximum atomic E-state index is 12.2. The Kier molecular flexibility index (Phi) is 5.00. The van der Waals surface area contributed by atoms with Gasteiger partial charge in [0.15, 0.2) is 9.84 Å². The van der Waals surface area contributed by atoms with E-state index in [0.29, 0.717) is 13.1 Å². The molecular weight excluding hydrogens is 402 g/mol. The van der Waals surface area contributed by atoms with Crippen molar-refractivity contribution >= 4 is 9.84 Å². The highest BCUT2D eigenvalue weighted by molar-refractivity contribution is 7.91. The van der Waals surface area contributed by atoms with Crippen molar-refractivity contribution in [2.75, 3.05) is 11.5 Å². The second kappa shape index (κ2) is 7.68. The van der Waals surface area contributed by atoms with Gasteiger partial charge in [0.1, 0.15) is 5.76 Å². The highest BCUT2D eigenvalue weighted by Crippen LogP contribution is 2.30. The number of aliphatic hydroxyl groups excluding tert-OH is 1. The molecule has 3 aromatic rings. The minimum atomic E-state index is -3.26. The van der Waals surface area contributed by atoms with Crippen molar-refractivity contribution < 1.29 is 17.9 Å². The number of fused-ring (bicyclic) bond motifs is 1. The lowest BCUT2D eigenvalue weighted by Crippen LogP contribution is -2.42. The van der Waals surface area contributed by atoms with Gasteiger partial charge in [0.2, 0.25) is 0 Å². The predicted octanol–water partition coefficient (Wildman–Crippen LogP) is 2.11. The number of aliphatic hydroxyl groups is 1. The number of aromatic nitrogens is 2. The number of nitrogens with zero attached hydrogens (tertiary/aromatic N) is 3. The smallest absolute Gasteiger partial charge is 0.154 e. The van der Waals surface area contributed by atoms with E-state index in [2.05, 4.69) is 0 Å². The van der Waals surface area contributed by atoms with Crippen molar-refractivity contribution in [3.05, 3.63) is 71.4 Å². The van der Waals surface area contributed by atoms with E-state index in [1.807, 2.05) is 52.0 Å². The fraction of sp³-hybridized carbons (Fsp3) is 0.409. The van der Waals surface area contributed by atoms with Crippen LogP contribution in [0.1, 0.15) is 29.1 Å². The molecule has 5 rings (SSSR count). The lowest BCUT2D eigenvalue weighted by Gasteiger charge is -2.29. The van der Waals surface area contributed by atoms with Gasteiger partial charge < -0.3 is 9.52 Å². The fourth-order valence-electron chi connectivity index (χ4n) is 4.67. The van der Waals surface area contributed by atoms with Crippen LogP contribution in [0.15, 0.2) is 53.1 Å². The zero-order valence-corrected chi connectivity index (χ0v) is 17.5. The summed E-state index contributed by atoms with van der Waals surface area (Å²) in [6.45, 7) is 0.900. The summed E-state index contributed by atoms with van der Waals surface area (Å²) in [5.74, 6) is 0.505. The van der Waals surface area contributed by atoms with E-state index in [-0.39, 0.29) is 11.5 Å². The molecule has 1 saturated heterocycles. The van der Waals surface area contributed by atoms with Gasteiger partial charge in [-0.2, -0.15) is 5.10 Å². The third-order valence-electron chi connectivity index (χ3n) is 6.07. The molecule has 1 fully saturated rings. The first-order valence-corrected chi connectivity index (χ1v) is 12.1. The zero-order valence-electron chi connectivity index (χ0n) is 16.6. The summed E-state index contributed by atoms with van der Waals surface area (Å²) < 4.78 is 31.9. The molecular formula is C22H25N3O4S. The number of rotatable bonds is 6. The van der Waals surface area contributed by atoms with E-state index in [1.54, 1.807) is 6.26 Å². The van der Waals surface area contributed by atoms with Crippen molar-refractivity contribution in [2.45, 2.75) is 44.5 Å². The van der Waals surface area contributed by atoms with Gasteiger partial charge in [0.25, 0.3) is 0 Å². The van der Waals surface area contributed by atoms with Gasteiger partial charge in [-0.25, -0.2) is 13.1 Å². The third kappa shape index (κ3) is 3.71. The minimum absolute atomic E-state index is 0.0452. The highest BCUT2D eigenvalue weighted by atomic mass is 32.2. The summed E-state index contributed by atoms with van der Waals surface area (Å²) in [6.07, 6.45) is 3.74. The lowest BCUT2D eigenvalue weighted by molar-refractivity contribution is 0.0675. The first-order chi connectivity index (χ1) is 14.5. The number of hydrogen-bond acceptors (Lipinski definition) is 6. The van der Waals surface area contributed by atoms with Crippen molar-refractivity contribution in [3.8, 4) is 5.69 Å². The summed E-state index contributed by atoms with van der Waals surface area (Å²) in [5, 5.41) is 15.4. The Hall–Kier alpha value is -2.42. The van der Waals surface area contributed by atoms with Gasteiger partial charge in [-0.05, 0) is 49.1 Å². The fourth-order valence-corrected chi connectivity index (χ4v) is 6.50. The predicted molar refractivity (Wildman–Crippen MR) is 112 cm³/mol. The number of furan rings is 1. The van der Waals surface area contributed by atoms with Crippen molar-refractivity contribution in [1.29, 1.82) is 0 Å². The molecule has 1 N–H and O–H groups in total. The maximum Gasteiger partial charge on any atom is 0.154 e. The van der Waals surface area contributed by atoms with Crippen LogP contribution in [-0.4, -0.2) is 51.9 Å². The Morgan fingerprint density at radius 1 is 1.10 bits per heavy atom. The van der Waals surface area contributed by atoms with Crippen LogP contribution in [0.2, 0.25) is 0 Å². The molecule has 0 spiro atoms. The number of benzene rings is 1. The monoisotopic (exact) mass is 427 g/mol. The normalized spacial score (nSPS) is 22.6. The molecule has 0 amide bonds. The van der Waals surface area contributed by atoms with Crippen LogP contribution in [0.25, 0.3) is 5.69 Å². The van der Waals surface area contributed by atoms with E-state index in [1.165, 1.54) is 11.3 Å². The van der Waals surface area contributed by atoms with Crippen LogP contribution < -0.4 is 0 Å². The van der Waals surface area contributed by atoms with Gasteiger partial charge in [-0.15, -0.1) is 0 Å². The number of hydrogen-bond donors (Lipinski definition) is 1. The van der Waals surface area contributed by atoms with Crippen molar-refractivity contribution in [3.63, 3.8) is 0 Å². The van der Waals surface area contributed by atoms with Gasteiger partial charge in [0.05, 0.1) is 47.8 Å². The van der Waals surface area contributed by atoms with Crippen LogP contribution >= 0.6 is 0 Å². The molecule has 0 bridgehead atoms. The van der Waals surface area contributed by atoms with E-state index in [0.717, 1.165) is 36.4 Å². The van der Waals surface area contributed by atoms with Gasteiger partial charge in [-0.1, -0.05) is 18.2 Å². The van der Waals surface area contributed by atoms with E-state index in [9.17, 15) is 13.5 Å². The van der Waals surface area contributed by atoms with E-state index < -0.39 is 22.0 Å². The Morgan fingerprint density at radius 2 is 1.93 bits per heavy atom. The average molecular weight is 428 g/mol. The molecule has 3 heterocycles. The van der Waals surface area contributed by atoms with Crippen LogP contribution in [0.3, 0.4) is 0 Å². The van der Waals surface area contributed by atoms with Crippen LogP contribution in [0.5, 0.6) is 0 Å². The maximum absolute atomic E-state index is 12.2. The molecule has 2 aromatic heterocycles. The topological polar surface area (TPSA) is 88.6 Å². The second-order valence-electron chi connectivity index (χ2n) is 8.17. The molecule has 0 unspecified atom stereocenters. The summed E-state index contributed by atoms with van der Waals surface area (Å²) in [4.78, 5) is 2.00. The van der Waals surface area contributed by atoms with Crippen LogP contribution in [-0.2, 0) is 35.8 Å². The molecule has 158 valence electrons. The SMILES string of the molecule is O=S1(=O)C[C@@H](O)[C@H](N(Cc2ccco2)Cc2nn(-c3ccccc3)c3c2CCC3)C1. The second-order valence-corrected chi connectivity index (χ2v) is 10.3. The summed E-state index contributed by atoms with van der Waals surface area (Å²) in [6, 6.07) is 13.3. The molecule has 7 nitrogen and oxygen atoms in total. The Labute approximate surface area is 175 Å². The van der Waals surface area contributed by atoms with Gasteiger partial charge in [-0.3, -0.25) is 4.90 Å². The average Bonchev–Trinajstić information content (AvgIpc) is 3.48. The third-order valence-corrected chi connectivity index (χ3v) is 7.77. The van der Waals surface area contributed by atoms with Crippen LogP contribution in [0.4, 0.5) is 0 Å². The van der Waals surface area contributed by atoms with Gasteiger partial charge in [0, 0.05) is 12.2 Å². The van der Waals surface area contributed by atoms with Gasteiger partial charge >= 0.3 is 0 Å². The number of para-hydroxylation sites is 1. The minimum Gasteiger partial charge on any atom is -0.468 e. The molecule has 1 aliphatic heterocycles. The summed E-state index contributed by atoms with van der Waals surface area (Å²) in [7, 11) is -3.26. The Morgan fingerprint density at radius 3 is 2.63 bits per heavy atom. The molecule has 1 aromatic carbocycles. The molecule has 2 atom stereocenters. The van der Waals surface area contributed by atoms with E-state index in [4.69, 9.17) is 9.52 Å². The molecule has 2 aliphatic rings. The first kappa shape index (κ1) is 19.5. The summed E-state index contributed by atoms with van der Waals surface area (Å²) >= 11 is 0. The molecule has 0 radical (unpaired) electrons. The standard InChI is InChI=1S/C22H25N3O4S/c26-22-15-30(27,28)14-21(22)24(12-17-8-5-11-29-17)13-19-18-9-4-10-20(18)25(23-19)16-6-2-1-3-7-16/h1-3,5-8,11,21-22,26H,4,9-10,12-15H2/t21-,22-/m1/s1. The van der Waals surface area contributed by atoms with E-state index >= 15 is 0 Å². The van der Waals surface area contributed by atoms with Crippen LogP contribution in [0, 0.1) is 0 Å². The largest absolute Gasteiger partial charge is 0.468 e. The molecule has 0 saturated carbocycles. The van der Waals surface area contributed by atoms with Crippen molar-refractivity contribution in [1.82, 2.24) is 14.7 Å². The Bertz CT molecular complexity index is 1120. The Balaban J connectivity index is 1.49. The first-order valence-electron chi connectivity index (χ1n) is 10.3. The molecule has 30 heavy (non-hydrogen) atoms. The molecule has 8 heteroatoms. The molecule has 1 aliphatic carbocycles. The quantitative estimate of drug-likeness (QED) is 0.648.